The summed E-state index contributed by atoms with van der Waals surface area (Å²) in [6.07, 6.45) is 0. The van der Waals surface area contributed by atoms with Crippen molar-refractivity contribution in [1.82, 2.24) is 15.6 Å². The Bertz CT molecular complexity index is 591. The molecule has 0 saturated carbocycles. The molecule has 0 aliphatic carbocycles. The van der Waals surface area contributed by atoms with E-state index in [1.54, 1.807) is 16.7 Å². The van der Waals surface area contributed by atoms with Crippen molar-refractivity contribution in [3.8, 4) is 9.88 Å². The van der Waals surface area contributed by atoms with Gasteiger partial charge in [-0.3, -0.25) is 9.59 Å². The summed E-state index contributed by atoms with van der Waals surface area (Å²) < 4.78 is 0. The van der Waals surface area contributed by atoms with Crippen LogP contribution in [-0.2, 0) is 4.79 Å². The molecule has 0 spiro atoms. The maximum atomic E-state index is 11.9. The number of aromatic nitrogens is 1. The summed E-state index contributed by atoms with van der Waals surface area (Å²) >= 11 is 3.00. The van der Waals surface area contributed by atoms with Gasteiger partial charge in [0.25, 0.3) is 5.91 Å². The van der Waals surface area contributed by atoms with Gasteiger partial charge in [0, 0.05) is 11.4 Å². The van der Waals surface area contributed by atoms with Crippen LogP contribution in [0.15, 0.2) is 22.9 Å². The van der Waals surface area contributed by atoms with Gasteiger partial charge in [0.2, 0.25) is 5.91 Å². The van der Waals surface area contributed by atoms with Crippen LogP contribution in [-0.4, -0.2) is 29.4 Å². The first-order valence-electron chi connectivity index (χ1n) is 6.13. The number of thiazole rings is 1. The van der Waals surface area contributed by atoms with Gasteiger partial charge in [-0.05, 0) is 25.3 Å². The molecule has 106 valence electrons. The lowest BCUT2D eigenvalue weighted by Gasteiger charge is -2.08. The topological polar surface area (TPSA) is 71.1 Å². The summed E-state index contributed by atoms with van der Waals surface area (Å²) in [5, 5.41) is 9.75. The fourth-order valence-corrected chi connectivity index (χ4v) is 3.13. The molecule has 0 aliphatic rings. The van der Waals surface area contributed by atoms with Crippen LogP contribution in [0.4, 0.5) is 0 Å². The summed E-state index contributed by atoms with van der Waals surface area (Å²) in [5.74, 6) is -0.537. The van der Waals surface area contributed by atoms with E-state index in [0.717, 1.165) is 9.88 Å². The van der Waals surface area contributed by atoms with Gasteiger partial charge in [-0.15, -0.1) is 22.7 Å². The molecule has 20 heavy (non-hydrogen) atoms. The van der Waals surface area contributed by atoms with E-state index < -0.39 is 0 Å². The molecule has 2 amide bonds. The molecule has 2 heterocycles. The molecule has 0 saturated heterocycles. The van der Waals surface area contributed by atoms with Crippen molar-refractivity contribution in [2.24, 2.45) is 0 Å². The molecule has 0 atom stereocenters. The van der Waals surface area contributed by atoms with Crippen LogP contribution in [0.5, 0.6) is 0 Å². The van der Waals surface area contributed by atoms with Gasteiger partial charge in [0.1, 0.15) is 10.7 Å². The zero-order valence-corrected chi connectivity index (χ0v) is 12.8. The smallest absolute Gasteiger partial charge is 0.271 e. The van der Waals surface area contributed by atoms with Gasteiger partial charge in [0.15, 0.2) is 0 Å². The van der Waals surface area contributed by atoms with Crippen LogP contribution in [0.3, 0.4) is 0 Å². The maximum Gasteiger partial charge on any atom is 0.271 e. The van der Waals surface area contributed by atoms with Gasteiger partial charge in [0.05, 0.1) is 11.4 Å². The molecular formula is C13H15N3O2S2. The molecule has 0 radical (unpaired) electrons. The summed E-state index contributed by atoms with van der Waals surface area (Å²) in [7, 11) is 0. The third-order valence-corrected chi connectivity index (χ3v) is 4.21. The molecule has 7 heteroatoms. The Morgan fingerprint density at radius 1 is 1.35 bits per heavy atom. The minimum absolute atomic E-state index is 0.0388. The van der Waals surface area contributed by atoms with E-state index in [9.17, 15) is 9.59 Å². The van der Waals surface area contributed by atoms with Crippen molar-refractivity contribution in [2.75, 3.05) is 6.54 Å². The lowest BCUT2D eigenvalue weighted by atomic mass is 10.4. The third-order valence-electron chi connectivity index (χ3n) is 2.33. The molecule has 0 fully saturated rings. The number of rotatable bonds is 5. The second kappa shape index (κ2) is 6.62. The van der Waals surface area contributed by atoms with E-state index in [2.05, 4.69) is 15.6 Å². The van der Waals surface area contributed by atoms with E-state index in [1.165, 1.54) is 11.3 Å². The molecule has 2 rings (SSSR count). The first kappa shape index (κ1) is 14.7. The molecule has 0 aromatic carbocycles. The zero-order chi connectivity index (χ0) is 14.5. The molecule has 2 aromatic heterocycles. The highest BCUT2D eigenvalue weighted by Crippen LogP contribution is 2.27. The molecule has 0 unspecified atom stereocenters. The second-order valence-electron chi connectivity index (χ2n) is 4.42. The Hall–Kier alpha value is -1.73. The van der Waals surface area contributed by atoms with Crippen LogP contribution >= 0.6 is 22.7 Å². The van der Waals surface area contributed by atoms with Gasteiger partial charge in [-0.2, -0.15) is 0 Å². The van der Waals surface area contributed by atoms with E-state index in [0.29, 0.717) is 5.69 Å². The maximum absolute atomic E-state index is 11.9. The predicted molar refractivity (Wildman–Crippen MR) is 81.0 cm³/mol. The summed E-state index contributed by atoms with van der Waals surface area (Å²) in [6, 6.07) is 3.96. The average Bonchev–Trinajstić information content (AvgIpc) is 3.04. The quantitative estimate of drug-likeness (QED) is 0.889. The monoisotopic (exact) mass is 309 g/mol. The van der Waals surface area contributed by atoms with E-state index in [1.807, 2.05) is 31.4 Å². The van der Waals surface area contributed by atoms with Gasteiger partial charge < -0.3 is 10.6 Å². The highest BCUT2D eigenvalue weighted by molar-refractivity contribution is 7.20. The van der Waals surface area contributed by atoms with Crippen molar-refractivity contribution in [1.29, 1.82) is 0 Å². The Balaban J connectivity index is 1.92. The number of amides is 2. The minimum atomic E-state index is -0.331. The highest BCUT2D eigenvalue weighted by Gasteiger charge is 2.13. The Morgan fingerprint density at radius 3 is 2.80 bits per heavy atom. The highest BCUT2D eigenvalue weighted by atomic mass is 32.1. The molecule has 2 N–H and O–H groups in total. The minimum Gasteiger partial charge on any atom is -0.352 e. The molecule has 5 nitrogen and oxygen atoms in total. The number of hydrogen-bond donors (Lipinski definition) is 2. The normalized spacial score (nSPS) is 10.6. The Kier molecular flexibility index (Phi) is 4.86. The fourth-order valence-electron chi connectivity index (χ4n) is 1.52. The fraction of sp³-hybridized carbons (Fsp3) is 0.308. The average molecular weight is 309 g/mol. The van der Waals surface area contributed by atoms with Crippen molar-refractivity contribution < 1.29 is 9.59 Å². The van der Waals surface area contributed by atoms with E-state index >= 15 is 0 Å². The van der Waals surface area contributed by atoms with Crippen LogP contribution in [0.2, 0.25) is 0 Å². The molecule has 0 aliphatic heterocycles. The van der Waals surface area contributed by atoms with Crippen molar-refractivity contribution in [2.45, 2.75) is 19.9 Å². The number of carbonyl (C=O) groups is 2. The van der Waals surface area contributed by atoms with Crippen LogP contribution in [0.25, 0.3) is 9.88 Å². The lowest BCUT2D eigenvalue weighted by molar-refractivity contribution is -0.120. The van der Waals surface area contributed by atoms with Crippen molar-refractivity contribution in [3.05, 3.63) is 28.6 Å². The van der Waals surface area contributed by atoms with Crippen LogP contribution < -0.4 is 10.6 Å². The predicted octanol–water partition coefficient (Wildman–Crippen LogP) is 2.13. The van der Waals surface area contributed by atoms with Crippen LogP contribution in [0.1, 0.15) is 24.3 Å². The zero-order valence-electron chi connectivity index (χ0n) is 11.2. The Morgan fingerprint density at radius 2 is 2.15 bits per heavy atom. The number of nitrogens with one attached hydrogen (secondary N) is 2. The first-order valence-corrected chi connectivity index (χ1v) is 7.89. The van der Waals surface area contributed by atoms with Gasteiger partial charge >= 0.3 is 0 Å². The second-order valence-corrected chi connectivity index (χ2v) is 6.23. The third kappa shape index (κ3) is 3.88. The van der Waals surface area contributed by atoms with Crippen molar-refractivity contribution >= 4 is 34.5 Å². The van der Waals surface area contributed by atoms with Crippen LogP contribution in [0, 0.1) is 0 Å². The molecular weight excluding hydrogens is 294 g/mol. The lowest BCUT2D eigenvalue weighted by Crippen LogP contribution is -2.39. The standard InChI is InChI=1S/C13H15N3O2S2/c1-8(2)15-11(17)6-14-12(18)9-7-20-13(16-9)10-4-3-5-19-10/h3-5,7-8H,6H2,1-2H3,(H,14,18)(H,15,17). The summed E-state index contributed by atoms with van der Waals surface area (Å²) in [6.45, 7) is 3.70. The first-order chi connectivity index (χ1) is 9.56. The Labute approximate surface area is 125 Å². The van der Waals surface area contributed by atoms with Gasteiger partial charge in [-0.1, -0.05) is 6.07 Å². The molecule has 2 aromatic rings. The van der Waals surface area contributed by atoms with E-state index in [-0.39, 0.29) is 24.4 Å². The SMILES string of the molecule is CC(C)NC(=O)CNC(=O)c1csc(-c2cccs2)n1. The summed E-state index contributed by atoms with van der Waals surface area (Å²) in [5.41, 5.74) is 0.343. The van der Waals surface area contributed by atoms with Gasteiger partial charge in [-0.25, -0.2) is 4.98 Å². The van der Waals surface area contributed by atoms with Crippen molar-refractivity contribution in [3.63, 3.8) is 0 Å². The number of hydrogen-bond acceptors (Lipinski definition) is 5. The number of thiophene rings is 1. The number of nitrogens with zero attached hydrogens (tertiary/aromatic N) is 1. The summed E-state index contributed by atoms with van der Waals surface area (Å²) in [4.78, 5) is 28.6. The van der Waals surface area contributed by atoms with E-state index in [4.69, 9.17) is 0 Å². The molecule has 0 bridgehead atoms. The number of carbonyl (C=O) groups excluding carboxylic acids is 2. The largest absolute Gasteiger partial charge is 0.352 e.